The Morgan fingerprint density at radius 2 is 2.12 bits per heavy atom. The zero-order valence-corrected chi connectivity index (χ0v) is 9.94. The molecule has 0 aromatic heterocycles. The van der Waals surface area contributed by atoms with Crippen molar-refractivity contribution in [2.75, 3.05) is 37.4 Å². The van der Waals surface area contributed by atoms with Crippen LogP contribution in [0.3, 0.4) is 0 Å². The molecule has 3 N–H and O–H groups in total. The Labute approximate surface area is 96.6 Å². The van der Waals surface area contributed by atoms with Crippen molar-refractivity contribution in [3.63, 3.8) is 0 Å². The number of nitrogens with zero attached hydrogens (tertiary/aromatic N) is 1. The lowest BCUT2D eigenvalue weighted by molar-refractivity contribution is 0.301. The van der Waals surface area contributed by atoms with Gasteiger partial charge in [-0.3, -0.25) is 0 Å². The van der Waals surface area contributed by atoms with E-state index in [1.54, 1.807) is 7.11 Å². The van der Waals surface area contributed by atoms with Crippen LogP contribution in [-0.2, 0) is 0 Å². The maximum Gasteiger partial charge on any atom is 0.143 e. The number of hydrogen-bond donors (Lipinski definition) is 2. The van der Waals surface area contributed by atoms with E-state index in [1.165, 1.54) is 0 Å². The van der Waals surface area contributed by atoms with Gasteiger partial charge < -0.3 is 20.5 Å². The van der Waals surface area contributed by atoms with Gasteiger partial charge in [0.15, 0.2) is 0 Å². The van der Waals surface area contributed by atoms with Gasteiger partial charge in [0.25, 0.3) is 0 Å². The topological polar surface area (TPSA) is 58.7 Å². The largest absolute Gasteiger partial charge is 0.495 e. The first-order valence-corrected chi connectivity index (χ1v) is 5.52. The zero-order valence-electron chi connectivity index (χ0n) is 9.94. The lowest BCUT2D eigenvalue weighted by Crippen LogP contribution is -2.27. The summed E-state index contributed by atoms with van der Waals surface area (Å²) in [6, 6.07) is 5.68. The molecule has 0 fully saturated rings. The predicted octanol–water partition coefficient (Wildman–Crippen LogP) is 1.49. The normalized spacial score (nSPS) is 10.2. The highest BCUT2D eigenvalue weighted by Crippen LogP contribution is 2.27. The number of nitrogen functional groups attached to an aromatic ring is 1. The monoisotopic (exact) mass is 224 g/mol. The van der Waals surface area contributed by atoms with Crippen molar-refractivity contribution in [1.29, 1.82) is 0 Å². The van der Waals surface area contributed by atoms with Crippen LogP contribution in [-0.4, -0.2) is 31.9 Å². The summed E-state index contributed by atoms with van der Waals surface area (Å²) in [6.45, 7) is 3.79. The molecule has 0 amide bonds. The molecular formula is C12H20N2O2. The summed E-state index contributed by atoms with van der Waals surface area (Å²) >= 11 is 0. The minimum Gasteiger partial charge on any atom is -0.495 e. The Kier molecular flexibility index (Phi) is 4.92. The van der Waals surface area contributed by atoms with Crippen LogP contribution in [0.25, 0.3) is 0 Å². The highest BCUT2D eigenvalue weighted by Gasteiger charge is 2.07. The molecule has 0 saturated heterocycles. The summed E-state index contributed by atoms with van der Waals surface area (Å²) in [4.78, 5) is 2.11. The van der Waals surface area contributed by atoms with E-state index in [4.69, 9.17) is 15.6 Å². The van der Waals surface area contributed by atoms with E-state index < -0.39 is 0 Å². The van der Waals surface area contributed by atoms with Crippen LogP contribution in [0.5, 0.6) is 5.75 Å². The molecule has 0 saturated carbocycles. The van der Waals surface area contributed by atoms with Crippen LogP contribution < -0.4 is 15.4 Å². The zero-order chi connectivity index (χ0) is 12.0. The van der Waals surface area contributed by atoms with Crippen molar-refractivity contribution >= 4 is 11.4 Å². The summed E-state index contributed by atoms with van der Waals surface area (Å²) in [5.41, 5.74) is 7.42. The summed E-state index contributed by atoms with van der Waals surface area (Å²) in [5, 5.41) is 9.01. The number of aliphatic hydroxyl groups excluding tert-OH is 1. The lowest BCUT2D eigenvalue weighted by Gasteiger charge is -2.24. The highest BCUT2D eigenvalue weighted by molar-refractivity contribution is 5.62. The van der Waals surface area contributed by atoms with Gasteiger partial charge in [-0.25, -0.2) is 0 Å². The fourth-order valence-corrected chi connectivity index (χ4v) is 1.66. The van der Waals surface area contributed by atoms with Gasteiger partial charge in [-0.05, 0) is 18.6 Å². The average Bonchev–Trinajstić information content (AvgIpc) is 2.29. The van der Waals surface area contributed by atoms with Gasteiger partial charge in [0.1, 0.15) is 5.75 Å². The van der Waals surface area contributed by atoms with Gasteiger partial charge in [0, 0.05) is 24.8 Å². The predicted molar refractivity (Wildman–Crippen MR) is 67.0 cm³/mol. The molecule has 0 radical (unpaired) electrons. The van der Waals surface area contributed by atoms with Gasteiger partial charge in [-0.15, -0.1) is 0 Å². The fraction of sp³-hybridized carbons (Fsp3) is 0.500. The Morgan fingerprint density at radius 1 is 1.38 bits per heavy atom. The number of methoxy groups -OCH3 is 1. The van der Waals surface area contributed by atoms with Gasteiger partial charge in [-0.1, -0.05) is 6.92 Å². The van der Waals surface area contributed by atoms with Crippen LogP contribution >= 0.6 is 0 Å². The van der Waals surface area contributed by atoms with E-state index in [-0.39, 0.29) is 6.61 Å². The van der Waals surface area contributed by atoms with Crippen LogP contribution in [0.4, 0.5) is 11.4 Å². The molecular weight excluding hydrogens is 204 g/mol. The third-order valence-corrected chi connectivity index (χ3v) is 2.45. The third-order valence-electron chi connectivity index (χ3n) is 2.45. The number of benzene rings is 1. The molecule has 0 atom stereocenters. The van der Waals surface area contributed by atoms with E-state index in [2.05, 4.69) is 11.8 Å². The maximum absolute atomic E-state index is 9.01. The molecule has 0 aliphatic carbocycles. The lowest BCUT2D eigenvalue weighted by atomic mass is 10.2. The molecule has 16 heavy (non-hydrogen) atoms. The molecule has 4 heteroatoms. The second kappa shape index (κ2) is 6.23. The Hall–Kier alpha value is -1.42. The van der Waals surface area contributed by atoms with E-state index in [0.717, 1.165) is 18.7 Å². The highest BCUT2D eigenvalue weighted by atomic mass is 16.5. The van der Waals surface area contributed by atoms with Crippen molar-refractivity contribution in [3.8, 4) is 5.75 Å². The number of ether oxygens (including phenoxy) is 1. The van der Waals surface area contributed by atoms with E-state index >= 15 is 0 Å². The van der Waals surface area contributed by atoms with E-state index in [0.29, 0.717) is 18.0 Å². The average molecular weight is 224 g/mol. The molecule has 90 valence electrons. The Balaban J connectivity index is 2.90. The van der Waals surface area contributed by atoms with Crippen molar-refractivity contribution in [2.24, 2.45) is 0 Å². The van der Waals surface area contributed by atoms with E-state index in [1.807, 2.05) is 18.2 Å². The van der Waals surface area contributed by atoms with Gasteiger partial charge in [0.05, 0.1) is 19.4 Å². The summed E-state index contributed by atoms with van der Waals surface area (Å²) in [5.74, 6) is 0.677. The van der Waals surface area contributed by atoms with Crippen LogP contribution in [0, 0.1) is 0 Å². The molecule has 1 aromatic carbocycles. The van der Waals surface area contributed by atoms with Crippen molar-refractivity contribution in [3.05, 3.63) is 18.2 Å². The van der Waals surface area contributed by atoms with Gasteiger partial charge in [0.2, 0.25) is 0 Å². The molecule has 0 bridgehead atoms. The quantitative estimate of drug-likeness (QED) is 0.719. The molecule has 0 aliphatic heterocycles. The number of hydrogen-bond acceptors (Lipinski definition) is 4. The van der Waals surface area contributed by atoms with Gasteiger partial charge >= 0.3 is 0 Å². The minimum atomic E-state index is 0.146. The maximum atomic E-state index is 9.01. The second-order valence-corrected chi connectivity index (χ2v) is 3.64. The first-order valence-electron chi connectivity index (χ1n) is 5.52. The smallest absolute Gasteiger partial charge is 0.143 e. The standard InChI is InChI=1S/C12H20N2O2/c1-3-6-14(7-8-15)10-4-5-11(13)12(9-10)16-2/h4-5,9,15H,3,6-8,13H2,1-2H3. The Morgan fingerprint density at radius 3 is 2.69 bits per heavy atom. The van der Waals surface area contributed by atoms with Crippen LogP contribution in [0.1, 0.15) is 13.3 Å². The summed E-state index contributed by atoms with van der Waals surface area (Å²) < 4.78 is 5.18. The van der Waals surface area contributed by atoms with Crippen molar-refractivity contribution < 1.29 is 9.84 Å². The number of aliphatic hydroxyl groups is 1. The molecule has 0 aliphatic rings. The summed E-state index contributed by atoms with van der Waals surface area (Å²) in [7, 11) is 1.60. The van der Waals surface area contributed by atoms with E-state index in [9.17, 15) is 0 Å². The molecule has 0 heterocycles. The number of nitrogens with two attached hydrogens (primary N) is 1. The number of rotatable bonds is 6. The molecule has 1 rings (SSSR count). The molecule has 4 nitrogen and oxygen atoms in total. The Bertz CT molecular complexity index is 323. The minimum absolute atomic E-state index is 0.146. The molecule has 0 spiro atoms. The van der Waals surface area contributed by atoms with Crippen LogP contribution in [0.15, 0.2) is 18.2 Å². The first kappa shape index (κ1) is 12.6. The summed E-state index contributed by atoms with van der Waals surface area (Å²) in [6.07, 6.45) is 1.03. The third kappa shape index (κ3) is 3.03. The molecule has 0 unspecified atom stereocenters. The molecule has 1 aromatic rings. The van der Waals surface area contributed by atoms with Crippen molar-refractivity contribution in [2.45, 2.75) is 13.3 Å². The van der Waals surface area contributed by atoms with Gasteiger partial charge in [-0.2, -0.15) is 0 Å². The first-order chi connectivity index (χ1) is 7.72. The number of anilines is 2. The fourth-order valence-electron chi connectivity index (χ4n) is 1.66. The second-order valence-electron chi connectivity index (χ2n) is 3.64. The van der Waals surface area contributed by atoms with Crippen LogP contribution in [0.2, 0.25) is 0 Å². The van der Waals surface area contributed by atoms with Crippen molar-refractivity contribution in [1.82, 2.24) is 0 Å². The SMILES string of the molecule is CCCN(CCO)c1ccc(N)c(OC)c1.